The van der Waals surface area contributed by atoms with Gasteiger partial charge in [-0.25, -0.2) is 4.98 Å². The first-order valence-corrected chi connectivity index (χ1v) is 5.08. The van der Waals surface area contributed by atoms with Gasteiger partial charge in [0.2, 0.25) is 5.95 Å². The molecule has 0 aromatic carbocycles. The first-order valence-electron chi connectivity index (χ1n) is 5.08. The van der Waals surface area contributed by atoms with E-state index < -0.39 is 0 Å². The summed E-state index contributed by atoms with van der Waals surface area (Å²) in [6, 6.07) is 0.340. The van der Waals surface area contributed by atoms with Crippen LogP contribution >= 0.6 is 0 Å². The van der Waals surface area contributed by atoms with E-state index in [4.69, 9.17) is 4.74 Å². The summed E-state index contributed by atoms with van der Waals surface area (Å²) < 4.78 is 7.20. The summed E-state index contributed by atoms with van der Waals surface area (Å²) in [5.74, 6) is 0.927. The van der Waals surface area contributed by atoms with Crippen molar-refractivity contribution < 1.29 is 4.74 Å². The van der Waals surface area contributed by atoms with Gasteiger partial charge in [-0.05, 0) is 13.3 Å². The van der Waals surface area contributed by atoms with Crippen molar-refractivity contribution in [2.45, 2.75) is 32.9 Å². The fourth-order valence-electron chi connectivity index (χ4n) is 1.35. The maximum Gasteiger partial charge on any atom is 0.203 e. The summed E-state index contributed by atoms with van der Waals surface area (Å²) in [6.45, 7) is 5.89. The lowest BCUT2D eigenvalue weighted by Crippen LogP contribution is -2.25. The Labute approximate surface area is 85.3 Å². The van der Waals surface area contributed by atoms with Gasteiger partial charge in [0.15, 0.2) is 0 Å². The van der Waals surface area contributed by atoms with Crippen LogP contribution in [0.4, 0.5) is 5.95 Å². The molecule has 1 N–H and O–H groups in total. The highest BCUT2D eigenvalue weighted by atomic mass is 16.5. The highest BCUT2D eigenvalue weighted by molar-refractivity contribution is 5.27. The average Bonchev–Trinajstić information content (AvgIpc) is 2.64. The number of aryl methyl sites for hydroxylation is 1. The molecule has 4 heteroatoms. The van der Waals surface area contributed by atoms with E-state index in [2.05, 4.69) is 28.7 Å². The van der Waals surface area contributed by atoms with Crippen LogP contribution in [0.15, 0.2) is 12.4 Å². The smallest absolute Gasteiger partial charge is 0.203 e. The Hall–Kier alpha value is -1.03. The lowest BCUT2D eigenvalue weighted by molar-refractivity contribution is 0.184. The Balaban J connectivity index is 2.56. The normalized spacial score (nSPS) is 12.8. The molecule has 4 nitrogen and oxygen atoms in total. The fourth-order valence-corrected chi connectivity index (χ4v) is 1.35. The van der Waals surface area contributed by atoms with Gasteiger partial charge in [0, 0.05) is 26.0 Å². The van der Waals surface area contributed by atoms with Gasteiger partial charge >= 0.3 is 0 Å². The van der Waals surface area contributed by atoms with E-state index in [0.717, 1.165) is 18.9 Å². The lowest BCUT2D eigenvalue weighted by atomic mass is 10.2. The molecule has 0 saturated carbocycles. The Bertz CT molecular complexity index is 260. The molecule has 1 atom stereocenters. The maximum absolute atomic E-state index is 5.12. The number of nitrogens with one attached hydrogen (secondary N) is 1. The molecule has 1 rings (SSSR count). The number of rotatable bonds is 6. The molecule has 0 aliphatic heterocycles. The number of imidazole rings is 1. The van der Waals surface area contributed by atoms with Crippen LogP contribution in [0.5, 0.6) is 0 Å². The highest BCUT2D eigenvalue weighted by Gasteiger charge is 2.08. The van der Waals surface area contributed by atoms with Gasteiger partial charge in [-0.3, -0.25) is 0 Å². The van der Waals surface area contributed by atoms with E-state index in [1.807, 2.05) is 12.4 Å². The van der Waals surface area contributed by atoms with Crippen LogP contribution in [-0.4, -0.2) is 29.3 Å². The molecule has 14 heavy (non-hydrogen) atoms. The third-order valence-electron chi connectivity index (χ3n) is 2.25. The Kier molecular flexibility index (Phi) is 4.46. The van der Waals surface area contributed by atoms with Crippen molar-refractivity contribution in [3.8, 4) is 0 Å². The van der Waals surface area contributed by atoms with Crippen molar-refractivity contribution >= 4 is 5.95 Å². The van der Waals surface area contributed by atoms with Crippen molar-refractivity contribution in [2.24, 2.45) is 0 Å². The minimum atomic E-state index is 0.340. The topological polar surface area (TPSA) is 39.1 Å². The summed E-state index contributed by atoms with van der Waals surface area (Å²) in [4.78, 5) is 4.25. The van der Waals surface area contributed by atoms with E-state index in [1.165, 1.54) is 0 Å². The molecular weight excluding hydrogens is 178 g/mol. The molecule has 0 aliphatic carbocycles. The quantitative estimate of drug-likeness (QED) is 0.755. The van der Waals surface area contributed by atoms with Crippen molar-refractivity contribution in [1.82, 2.24) is 9.55 Å². The standard InChI is InChI=1S/C10H19N3O/c1-4-9(8-14-3)12-10-11-6-7-13(10)5-2/h6-7,9H,4-5,8H2,1-3H3,(H,11,12). The number of nitrogens with zero attached hydrogens (tertiary/aromatic N) is 2. The summed E-state index contributed by atoms with van der Waals surface area (Å²) in [5, 5.41) is 3.36. The predicted molar refractivity (Wildman–Crippen MR) is 57.5 cm³/mol. The first kappa shape index (κ1) is 11.0. The molecule has 0 saturated heterocycles. The van der Waals surface area contributed by atoms with Gasteiger partial charge in [-0.15, -0.1) is 0 Å². The number of ether oxygens (including phenoxy) is 1. The summed E-state index contributed by atoms with van der Waals surface area (Å²) >= 11 is 0. The maximum atomic E-state index is 5.12. The minimum absolute atomic E-state index is 0.340. The number of hydrogen-bond donors (Lipinski definition) is 1. The van der Waals surface area contributed by atoms with Gasteiger partial charge in [0.25, 0.3) is 0 Å². The minimum Gasteiger partial charge on any atom is -0.383 e. The van der Waals surface area contributed by atoms with E-state index >= 15 is 0 Å². The van der Waals surface area contributed by atoms with E-state index in [0.29, 0.717) is 12.6 Å². The zero-order valence-corrected chi connectivity index (χ0v) is 9.16. The summed E-state index contributed by atoms with van der Waals surface area (Å²) in [6.07, 6.45) is 4.82. The van der Waals surface area contributed by atoms with Gasteiger partial charge in [0.05, 0.1) is 12.6 Å². The van der Waals surface area contributed by atoms with Gasteiger partial charge < -0.3 is 14.6 Å². The van der Waals surface area contributed by atoms with E-state index in [9.17, 15) is 0 Å². The number of hydrogen-bond acceptors (Lipinski definition) is 3. The monoisotopic (exact) mass is 197 g/mol. The molecular formula is C10H19N3O. The lowest BCUT2D eigenvalue weighted by Gasteiger charge is -2.17. The van der Waals surface area contributed by atoms with Crippen LogP contribution in [0.2, 0.25) is 0 Å². The largest absolute Gasteiger partial charge is 0.383 e. The van der Waals surface area contributed by atoms with Crippen molar-refractivity contribution in [3.05, 3.63) is 12.4 Å². The summed E-state index contributed by atoms with van der Waals surface area (Å²) in [7, 11) is 1.72. The molecule has 1 aromatic rings. The van der Waals surface area contributed by atoms with Gasteiger partial charge in [0.1, 0.15) is 0 Å². The Morgan fingerprint density at radius 2 is 2.36 bits per heavy atom. The number of aromatic nitrogens is 2. The number of methoxy groups -OCH3 is 1. The van der Waals surface area contributed by atoms with Crippen LogP contribution in [0.1, 0.15) is 20.3 Å². The van der Waals surface area contributed by atoms with E-state index in [1.54, 1.807) is 7.11 Å². The third kappa shape index (κ3) is 2.73. The Morgan fingerprint density at radius 1 is 1.57 bits per heavy atom. The third-order valence-corrected chi connectivity index (χ3v) is 2.25. The zero-order valence-electron chi connectivity index (χ0n) is 9.16. The van der Waals surface area contributed by atoms with Gasteiger partial charge in [-0.2, -0.15) is 0 Å². The van der Waals surface area contributed by atoms with Crippen LogP contribution in [0.25, 0.3) is 0 Å². The number of anilines is 1. The molecule has 0 radical (unpaired) electrons. The predicted octanol–water partition coefficient (Wildman–Crippen LogP) is 1.74. The average molecular weight is 197 g/mol. The highest BCUT2D eigenvalue weighted by Crippen LogP contribution is 2.07. The Morgan fingerprint density at radius 3 is 2.93 bits per heavy atom. The second-order valence-electron chi connectivity index (χ2n) is 3.24. The molecule has 1 heterocycles. The van der Waals surface area contributed by atoms with Crippen molar-refractivity contribution in [1.29, 1.82) is 0 Å². The molecule has 1 aromatic heterocycles. The first-order chi connectivity index (χ1) is 6.81. The van der Waals surface area contributed by atoms with Crippen LogP contribution in [0, 0.1) is 0 Å². The van der Waals surface area contributed by atoms with Crippen LogP contribution < -0.4 is 5.32 Å². The van der Waals surface area contributed by atoms with Crippen LogP contribution in [0.3, 0.4) is 0 Å². The molecule has 0 amide bonds. The van der Waals surface area contributed by atoms with E-state index in [-0.39, 0.29) is 0 Å². The molecule has 0 fully saturated rings. The molecule has 1 unspecified atom stereocenters. The fraction of sp³-hybridized carbons (Fsp3) is 0.700. The summed E-state index contributed by atoms with van der Waals surface area (Å²) in [5.41, 5.74) is 0. The second kappa shape index (κ2) is 5.65. The van der Waals surface area contributed by atoms with Crippen molar-refractivity contribution in [2.75, 3.05) is 19.0 Å². The molecule has 0 aliphatic rings. The molecule has 0 bridgehead atoms. The zero-order chi connectivity index (χ0) is 10.4. The van der Waals surface area contributed by atoms with Gasteiger partial charge in [-0.1, -0.05) is 6.92 Å². The molecule has 80 valence electrons. The SMILES string of the molecule is CCC(COC)Nc1nccn1CC. The molecule has 0 spiro atoms. The van der Waals surface area contributed by atoms with Crippen molar-refractivity contribution in [3.63, 3.8) is 0 Å². The van der Waals surface area contributed by atoms with Crippen LogP contribution in [-0.2, 0) is 11.3 Å². The second-order valence-corrected chi connectivity index (χ2v) is 3.24.